The van der Waals surface area contributed by atoms with Crippen LogP contribution in [0.5, 0.6) is 0 Å². The zero-order valence-corrected chi connectivity index (χ0v) is 21.0. The van der Waals surface area contributed by atoms with Gasteiger partial charge in [-0.25, -0.2) is 9.98 Å². The summed E-state index contributed by atoms with van der Waals surface area (Å²) in [6, 6.07) is 10.3. The predicted octanol–water partition coefficient (Wildman–Crippen LogP) is 3.52. The topological polar surface area (TPSA) is 70.4 Å². The zero-order chi connectivity index (χ0) is 21.0. The Balaban J connectivity index is 0.00000320. The minimum Gasteiger partial charge on any atom is -0.363 e. The number of nitrogens with zero attached hydrogens (tertiary/aromatic N) is 5. The van der Waals surface area contributed by atoms with E-state index in [1.54, 1.807) is 0 Å². The van der Waals surface area contributed by atoms with E-state index in [1.807, 2.05) is 55.8 Å². The molecular weight excluding hydrogens is 489 g/mol. The molecule has 0 aliphatic carbocycles. The average molecular weight is 521 g/mol. The molecule has 0 saturated carbocycles. The molecule has 8 heteroatoms. The Kier molecular flexibility index (Phi) is 8.45. The maximum absolute atomic E-state index is 4.84. The van der Waals surface area contributed by atoms with E-state index in [-0.39, 0.29) is 24.0 Å². The van der Waals surface area contributed by atoms with Gasteiger partial charge >= 0.3 is 0 Å². The number of guanidine groups is 1. The van der Waals surface area contributed by atoms with Gasteiger partial charge in [-0.3, -0.25) is 4.68 Å². The Hall–Kier alpha value is -2.36. The third-order valence-electron chi connectivity index (χ3n) is 5.09. The molecule has 0 fully saturated rings. The van der Waals surface area contributed by atoms with Crippen molar-refractivity contribution in [1.29, 1.82) is 0 Å². The molecule has 0 radical (unpaired) electrons. The lowest BCUT2D eigenvalue weighted by Crippen LogP contribution is -2.37. The van der Waals surface area contributed by atoms with E-state index in [0.29, 0.717) is 13.1 Å². The van der Waals surface area contributed by atoms with Crippen molar-refractivity contribution in [2.75, 3.05) is 25.5 Å². The van der Waals surface area contributed by atoms with Gasteiger partial charge in [-0.2, -0.15) is 5.10 Å². The molecule has 0 atom stereocenters. The number of para-hydroxylation sites is 1. The Labute approximate surface area is 196 Å². The van der Waals surface area contributed by atoms with Gasteiger partial charge in [0.15, 0.2) is 5.96 Å². The average Bonchev–Trinajstić information content (AvgIpc) is 2.95. The van der Waals surface area contributed by atoms with Crippen LogP contribution in [0.3, 0.4) is 0 Å². The molecule has 3 rings (SSSR count). The van der Waals surface area contributed by atoms with Gasteiger partial charge in [0, 0.05) is 50.9 Å². The van der Waals surface area contributed by atoms with E-state index in [9.17, 15) is 0 Å². The summed E-state index contributed by atoms with van der Waals surface area (Å²) in [7, 11) is 5.99. The summed E-state index contributed by atoms with van der Waals surface area (Å²) < 4.78 is 1.92. The second kappa shape index (κ2) is 10.6. The lowest BCUT2D eigenvalue weighted by molar-refractivity contribution is 0.728. The first kappa shape index (κ1) is 23.9. The highest BCUT2D eigenvalue weighted by Crippen LogP contribution is 2.22. The van der Waals surface area contributed by atoms with Crippen LogP contribution in [0, 0.1) is 13.8 Å². The van der Waals surface area contributed by atoms with Gasteiger partial charge in [-0.05, 0) is 38.5 Å². The molecule has 30 heavy (non-hydrogen) atoms. The van der Waals surface area contributed by atoms with Gasteiger partial charge in [0.05, 0.1) is 17.8 Å². The van der Waals surface area contributed by atoms with Gasteiger partial charge < -0.3 is 15.5 Å². The van der Waals surface area contributed by atoms with Crippen molar-refractivity contribution in [3.63, 3.8) is 0 Å². The molecule has 0 bridgehead atoms. The van der Waals surface area contributed by atoms with Crippen LogP contribution >= 0.6 is 24.0 Å². The number of hydrogen-bond acceptors (Lipinski definition) is 4. The maximum atomic E-state index is 4.84. The predicted molar refractivity (Wildman–Crippen MR) is 136 cm³/mol. The van der Waals surface area contributed by atoms with Gasteiger partial charge in [0.25, 0.3) is 0 Å². The number of rotatable bonds is 6. The van der Waals surface area contributed by atoms with E-state index >= 15 is 0 Å². The number of nitrogens with one attached hydrogen (secondary N) is 2. The summed E-state index contributed by atoms with van der Waals surface area (Å²) >= 11 is 0. The van der Waals surface area contributed by atoms with E-state index in [2.05, 4.69) is 41.7 Å². The number of pyridine rings is 1. The lowest BCUT2D eigenvalue weighted by Gasteiger charge is -2.15. The van der Waals surface area contributed by atoms with Crippen LogP contribution in [0.15, 0.2) is 35.3 Å². The highest BCUT2D eigenvalue weighted by atomic mass is 127. The third-order valence-corrected chi connectivity index (χ3v) is 5.09. The molecule has 7 nitrogen and oxygen atoms in total. The standard InChI is InChI=1S/C22H31N7.HI/c1-7-23-22(25-14-19-15(2)27-29(6)16(19)3)24-13-17-12-21(28(4)5)26-20-11-9-8-10-18(17)20;/h8-12H,7,13-14H2,1-6H3,(H2,23,24,25);1H. The van der Waals surface area contributed by atoms with Crippen LogP contribution in [-0.2, 0) is 20.1 Å². The van der Waals surface area contributed by atoms with Crippen molar-refractivity contribution in [3.05, 3.63) is 52.8 Å². The zero-order valence-electron chi connectivity index (χ0n) is 18.7. The van der Waals surface area contributed by atoms with Gasteiger partial charge in [-0.15, -0.1) is 24.0 Å². The van der Waals surface area contributed by atoms with E-state index in [1.165, 1.54) is 11.3 Å². The minimum absolute atomic E-state index is 0. The first-order valence-corrected chi connectivity index (χ1v) is 9.98. The fraction of sp³-hybridized carbons (Fsp3) is 0.409. The van der Waals surface area contributed by atoms with Crippen LogP contribution in [0.25, 0.3) is 10.9 Å². The molecule has 0 aliphatic heterocycles. The smallest absolute Gasteiger partial charge is 0.191 e. The molecule has 0 saturated heterocycles. The van der Waals surface area contributed by atoms with Gasteiger partial charge in [0.2, 0.25) is 0 Å². The van der Waals surface area contributed by atoms with Crippen molar-refractivity contribution in [2.45, 2.75) is 33.9 Å². The molecule has 2 aromatic heterocycles. The Morgan fingerprint density at radius 3 is 2.53 bits per heavy atom. The molecule has 3 aromatic rings. The first-order valence-electron chi connectivity index (χ1n) is 9.98. The number of hydrogen-bond donors (Lipinski definition) is 2. The van der Waals surface area contributed by atoms with Crippen molar-refractivity contribution in [1.82, 2.24) is 25.4 Å². The van der Waals surface area contributed by atoms with E-state index in [4.69, 9.17) is 9.98 Å². The van der Waals surface area contributed by atoms with Crippen LogP contribution in [-0.4, -0.2) is 41.4 Å². The summed E-state index contributed by atoms with van der Waals surface area (Å²) in [6.45, 7) is 8.27. The van der Waals surface area contributed by atoms with Crippen LogP contribution < -0.4 is 15.5 Å². The van der Waals surface area contributed by atoms with E-state index < -0.39 is 0 Å². The summed E-state index contributed by atoms with van der Waals surface area (Å²) in [4.78, 5) is 11.6. The molecule has 162 valence electrons. The molecule has 1 aromatic carbocycles. The summed E-state index contributed by atoms with van der Waals surface area (Å²) in [5, 5.41) is 12.4. The fourth-order valence-corrected chi connectivity index (χ4v) is 3.34. The number of fused-ring (bicyclic) bond motifs is 1. The number of aryl methyl sites for hydroxylation is 2. The molecule has 2 N–H and O–H groups in total. The van der Waals surface area contributed by atoms with Crippen LogP contribution in [0.2, 0.25) is 0 Å². The first-order chi connectivity index (χ1) is 13.9. The van der Waals surface area contributed by atoms with Crippen molar-refractivity contribution in [2.24, 2.45) is 12.0 Å². The van der Waals surface area contributed by atoms with Crippen molar-refractivity contribution >= 4 is 46.7 Å². The second-order valence-electron chi connectivity index (χ2n) is 7.37. The Bertz CT molecular complexity index is 1020. The maximum Gasteiger partial charge on any atom is 0.191 e. The lowest BCUT2D eigenvalue weighted by atomic mass is 10.1. The number of aliphatic imine (C=N–C) groups is 1. The SMILES string of the molecule is CCNC(=NCc1cc(N(C)C)nc2ccccc12)NCc1c(C)nn(C)c1C.I. The van der Waals surface area contributed by atoms with Gasteiger partial charge in [-0.1, -0.05) is 18.2 Å². The van der Waals surface area contributed by atoms with Gasteiger partial charge in [0.1, 0.15) is 5.82 Å². The molecule has 0 spiro atoms. The van der Waals surface area contributed by atoms with Crippen molar-refractivity contribution in [3.8, 4) is 0 Å². The quantitative estimate of drug-likeness (QED) is 0.295. The fourth-order valence-electron chi connectivity index (χ4n) is 3.34. The monoisotopic (exact) mass is 521 g/mol. The molecule has 0 amide bonds. The second-order valence-corrected chi connectivity index (χ2v) is 7.37. The van der Waals surface area contributed by atoms with Crippen LogP contribution in [0.1, 0.15) is 29.4 Å². The van der Waals surface area contributed by atoms with Crippen LogP contribution in [0.4, 0.5) is 5.82 Å². The molecule has 0 aliphatic rings. The molecule has 0 unspecified atom stereocenters. The van der Waals surface area contributed by atoms with Crippen molar-refractivity contribution < 1.29 is 0 Å². The summed E-state index contributed by atoms with van der Waals surface area (Å²) in [5.74, 6) is 1.73. The van der Waals surface area contributed by atoms with E-state index in [0.717, 1.165) is 40.5 Å². The largest absolute Gasteiger partial charge is 0.363 e. The minimum atomic E-state index is 0. The number of anilines is 1. The number of aromatic nitrogens is 3. The third kappa shape index (κ3) is 5.41. The number of halogens is 1. The highest BCUT2D eigenvalue weighted by Gasteiger charge is 2.11. The molecule has 2 heterocycles. The Morgan fingerprint density at radius 1 is 1.17 bits per heavy atom. The molecular formula is C22H32IN7. The Morgan fingerprint density at radius 2 is 1.90 bits per heavy atom. The number of benzene rings is 1. The summed E-state index contributed by atoms with van der Waals surface area (Å²) in [6.07, 6.45) is 0. The highest BCUT2D eigenvalue weighted by molar-refractivity contribution is 14.0. The summed E-state index contributed by atoms with van der Waals surface area (Å²) in [5.41, 5.74) is 5.57. The normalized spacial score (nSPS) is 11.3.